The van der Waals surface area contributed by atoms with Gasteiger partial charge < -0.3 is 14.2 Å². The second-order valence-electron chi connectivity index (χ2n) is 8.85. The molecule has 0 aromatic carbocycles. The first-order valence-corrected chi connectivity index (χ1v) is 13.1. The van der Waals surface area contributed by atoms with Crippen LogP contribution >= 0.6 is 11.6 Å². The average molecular weight is 537 g/mol. The predicted octanol–water partition coefficient (Wildman–Crippen LogP) is 2.30. The first kappa shape index (κ1) is 24.6. The van der Waals surface area contributed by atoms with Crippen molar-refractivity contribution in [1.29, 1.82) is 0 Å². The molecule has 2 fully saturated rings. The Morgan fingerprint density at radius 3 is 2.25 bits per heavy atom. The molecule has 15 heteroatoms. The number of rotatable bonds is 10. The second-order valence-corrected chi connectivity index (χ2v) is 11.3. The molecule has 0 aliphatic heterocycles. The number of hydrogen-bond donors (Lipinski definition) is 1. The van der Waals surface area contributed by atoms with E-state index in [-0.39, 0.29) is 34.9 Å². The van der Waals surface area contributed by atoms with Gasteiger partial charge in [0.2, 0.25) is 27.7 Å². The van der Waals surface area contributed by atoms with Crippen LogP contribution in [-0.4, -0.2) is 69.7 Å². The minimum Gasteiger partial charge on any atom is -0.479 e. The highest BCUT2D eigenvalue weighted by atomic mass is 35.5. The van der Waals surface area contributed by atoms with Gasteiger partial charge in [-0.1, -0.05) is 11.6 Å². The molecule has 1 spiro atoms. The number of hydrogen-bond acceptors (Lipinski definition) is 11. The fourth-order valence-electron chi connectivity index (χ4n) is 4.43. The zero-order chi connectivity index (χ0) is 25.7. The van der Waals surface area contributed by atoms with Crippen molar-refractivity contribution in [3.8, 4) is 17.4 Å². The third kappa shape index (κ3) is 4.22. The van der Waals surface area contributed by atoms with Gasteiger partial charge in [0.15, 0.2) is 11.5 Å². The minimum atomic E-state index is -4.09. The summed E-state index contributed by atoms with van der Waals surface area (Å²) in [5, 5.41) is 7.78. The molecule has 0 radical (unpaired) electrons. The highest BCUT2D eigenvalue weighted by molar-refractivity contribution is 7.93. The van der Waals surface area contributed by atoms with Crippen LogP contribution < -0.4 is 14.2 Å². The van der Waals surface area contributed by atoms with Crippen LogP contribution in [0, 0.1) is 5.41 Å². The minimum absolute atomic E-state index is 0.0437. The molecule has 36 heavy (non-hydrogen) atoms. The van der Waals surface area contributed by atoms with Crippen molar-refractivity contribution < 1.29 is 22.6 Å². The Hall–Kier alpha value is -3.10. The van der Waals surface area contributed by atoms with E-state index in [2.05, 4.69) is 34.9 Å². The molecule has 0 bridgehead atoms. The van der Waals surface area contributed by atoms with E-state index in [1.54, 1.807) is 4.57 Å². The number of halogens is 1. The summed E-state index contributed by atoms with van der Waals surface area (Å²) in [6, 6.07) is 0. The Labute approximate surface area is 212 Å². The zero-order valence-corrected chi connectivity index (χ0v) is 21.6. The van der Waals surface area contributed by atoms with Crippen LogP contribution in [0.25, 0.3) is 5.69 Å². The monoisotopic (exact) mass is 536 g/mol. The quantitative estimate of drug-likeness (QED) is 0.405. The van der Waals surface area contributed by atoms with E-state index in [4.69, 9.17) is 25.8 Å². The van der Waals surface area contributed by atoms with E-state index in [1.807, 2.05) is 0 Å². The Balaban J connectivity index is 1.55. The number of nitrogens with zero attached hydrogens (tertiary/aromatic N) is 7. The summed E-state index contributed by atoms with van der Waals surface area (Å²) in [4.78, 5) is 16.6. The number of anilines is 1. The van der Waals surface area contributed by atoms with Crippen LogP contribution in [0.4, 0.5) is 5.95 Å². The van der Waals surface area contributed by atoms with Gasteiger partial charge in [-0.2, -0.15) is 9.97 Å². The lowest BCUT2D eigenvalue weighted by Crippen LogP contribution is -2.33. The fraction of sp³-hybridized carbons (Fsp3) is 0.524. The molecule has 3 aromatic heterocycles. The van der Waals surface area contributed by atoms with Crippen LogP contribution in [0.2, 0.25) is 5.02 Å². The number of ether oxygens (including phenoxy) is 3. The average Bonchev–Trinajstić information content (AvgIpc) is 3.77. The molecule has 3 heterocycles. The molecule has 3 aromatic rings. The van der Waals surface area contributed by atoms with Crippen LogP contribution in [0.1, 0.15) is 49.9 Å². The number of methoxy groups -OCH3 is 3. The summed E-state index contributed by atoms with van der Waals surface area (Å²) < 4.78 is 47.5. The SMILES string of the molecule is COc1ncnc(OC)c1-n1c(NS(=O)(=O)C(C)C(OC)c2ncc(Cl)cn2)nnc1[C@@H]1CC12CC2. The molecule has 2 unspecified atom stereocenters. The maximum atomic E-state index is 13.5. The lowest BCUT2D eigenvalue weighted by molar-refractivity contribution is 0.0950. The van der Waals surface area contributed by atoms with E-state index in [0.717, 1.165) is 19.3 Å². The summed E-state index contributed by atoms with van der Waals surface area (Å²) in [7, 11) is 0.201. The van der Waals surface area contributed by atoms with Crippen LogP contribution in [0.3, 0.4) is 0 Å². The molecule has 0 amide bonds. The van der Waals surface area contributed by atoms with Gasteiger partial charge in [0.25, 0.3) is 0 Å². The second kappa shape index (κ2) is 9.09. The maximum Gasteiger partial charge on any atom is 0.245 e. The summed E-state index contributed by atoms with van der Waals surface area (Å²) in [5.41, 5.74) is 0.511. The van der Waals surface area contributed by atoms with Gasteiger partial charge in [-0.05, 0) is 31.6 Å². The summed E-state index contributed by atoms with van der Waals surface area (Å²) >= 11 is 5.87. The van der Waals surface area contributed by atoms with Crippen molar-refractivity contribution in [3.05, 3.63) is 35.4 Å². The van der Waals surface area contributed by atoms with Gasteiger partial charge in [0.1, 0.15) is 23.5 Å². The molecule has 3 atom stereocenters. The largest absolute Gasteiger partial charge is 0.479 e. The molecule has 2 saturated carbocycles. The van der Waals surface area contributed by atoms with Gasteiger partial charge in [-0.3, -0.25) is 9.29 Å². The van der Waals surface area contributed by atoms with Gasteiger partial charge in [0.05, 0.1) is 19.2 Å². The molecule has 13 nitrogen and oxygen atoms in total. The third-order valence-corrected chi connectivity index (χ3v) is 8.63. The predicted molar refractivity (Wildman–Crippen MR) is 128 cm³/mol. The van der Waals surface area contributed by atoms with Gasteiger partial charge >= 0.3 is 0 Å². The van der Waals surface area contributed by atoms with E-state index in [1.165, 1.54) is 47.0 Å². The molecule has 2 aliphatic carbocycles. The number of sulfonamides is 1. The van der Waals surface area contributed by atoms with Crippen LogP contribution in [-0.2, 0) is 14.8 Å². The van der Waals surface area contributed by atoms with E-state index in [0.29, 0.717) is 16.5 Å². The highest BCUT2D eigenvalue weighted by Gasteiger charge is 2.65. The van der Waals surface area contributed by atoms with E-state index >= 15 is 0 Å². The summed E-state index contributed by atoms with van der Waals surface area (Å²) in [5.74, 6) is 1.23. The van der Waals surface area contributed by atoms with Crippen LogP contribution in [0.5, 0.6) is 11.8 Å². The van der Waals surface area contributed by atoms with Crippen molar-refractivity contribution >= 4 is 27.6 Å². The smallest absolute Gasteiger partial charge is 0.245 e. The van der Waals surface area contributed by atoms with Gasteiger partial charge in [0, 0.05) is 25.4 Å². The first-order chi connectivity index (χ1) is 17.2. The molecular weight excluding hydrogens is 512 g/mol. The molecule has 2 aliphatic rings. The topological polar surface area (TPSA) is 156 Å². The van der Waals surface area contributed by atoms with Gasteiger partial charge in [-0.15, -0.1) is 10.2 Å². The molecule has 1 N–H and O–H groups in total. The Bertz CT molecular complexity index is 1360. The van der Waals surface area contributed by atoms with E-state index in [9.17, 15) is 8.42 Å². The zero-order valence-electron chi connectivity index (χ0n) is 20.0. The highest BCUT2D eigenvalue weighted by Crippen LogP contribution is 2.74. The molecule has 192 valence electrons. The van der Waals surface area contributed by atoms with E-state index < -0.39 is 21.4 Å². The lowest BCUT2D eigenvalue weighted by Gasteiger charge is -2.22. The fourth-order valence-corrected chi connectivity index (χ4v) is 5.66. The summed E-state index contributed by atoms with van der Waals surface area (Å²) in [6.45, 7) is 1.49. The van der Waals surface area contributed by atoms with Crippen LogP contribution in [0.15, 0.2) is 18.7 Å². The summed E-state index contributed by atoms with van der Waals surface area (Å²) in [6.07, 6.45) is 6.22. The van der Waals surface area contributed by atoms with Crippen molar-refractivity contribution in [2.24, 2.45) is 5.41 Å². The first-order valence-electron chi connectivity index (χ1n) is 11.1. The van der Waals surface area contributed by atoms with Crippen molar-refractivity contribution in [1.82, 2.24) is 34.7 Å². The molecule has 0 saturated heterocycles. The van der Waals surface area contributed by atoms with Crippen molar-refractivity contribution in [2.45, 2.75) is 43.5 Å². The Morgan fingerprint density at radius 1 is 1.08 bits per heavy atom. The molecular formula is C21H25ClN8O5S. The number of nitrogens with one attached hydrogen (secondary N) is 1. The Morgan fingerprint density at radius 2 is 1.72 bits per heavy atom. The normalized spacial score (nSPS) is 19.5. The third-order valence-electron chi connectivity index (χ3n) is 6.75. The van der Waals surface area contributed by atoms with Crippen molar-refractivity contribution in [2.75, 3.05) is 26.1 Å². The van der Waals surface area contributed by atoms with Crippen molar-refractivity contribution in [3.63, 3.8) is 0 Å². The number of aromatic nitrogens is 7. The molecule has 5 rings (SSSR count). The lowest BCUT2D eigenvalue weighted by atomic mass is 10.2. The maximum absolute atomic E-state index is 13.5. The Kier molecular flexibility index (Phi) is 6.21. The van der Waals surface area contributed by atoms with Gasteiger partial charge in [-0.25, -0.2) is 18.4 Å². The standard InChI is InChI=1S/C21H25ClN8O5S/c1-11(15(33-2)16-23-8-12(22)9-24-16)36(31,32)29-20-28-27-17(13-7-21(13)5-6-21)30(20)14-18(34-3)25-10-26-19(14)35-4/h8-11,13,15H,5-7H2,1-4H3,(H,28,29)/t11?,13-,15?/m0/s1.